The van der Waals surface area contributed by atoms with Crippen LogP contribution in [0.15, 0.2) is 12.3 Å². The number of carbonyl (C=O) groups excluding carboxylic acids is 1. The first-order valence-corrected chi connectivity index (χ1v) is 7.50. The zero-order valence-corrected chi connectivity index (χ0v) is 12.6. The fourth-order valence-electron chi connectivity index (χ4n) is 2.50. The number of β-amino-alcohol motifs (C(OH)–C–C–N with tert-alkyl or cyclic N) is 1. The van der Waals surface area contributed by atoms with Crippen molar-refractivity contribution >= 4 is 23.3 Å². The highest BCUT2D eigenvalue weighted by atomic mass is 35.5. The Morgan fingerprint density at radius 2 is 2.24 bits per heavy atom. The maximum absolute atomic E-state index is 11.0. The Hall–Kier alpha value is -1.37. The van der Waals surface area contributed by atoms with Crippen LogP contribution in [0, 0.1) is 5.92 Å². The van der Waals surface area contributed by atoms with Crippen LogP contribution in [0.25, 0.3) is 0 Å². The summed E-state index contributed by atoms with van der Waals surface area (Å²) in [6.07, 6.45) is 3.61. The molecule has 6 nitrogen and oxygen atoms in total. The van der Waals surface area contributed by atoms with E-state index < -0.39 is 5.91 Å². The van der Waals surface area contributed by atoms with Gasteiger partial charge in [-0.25, -0.2) is 4.98 Å². The molecule has 0 aliphatic carbocycles. The number of hydrogen-bond acceptors (Lipinski definition) is 5. The van der Waals surface area contributed by atoms with Crippen molar-refractivity contribution in [2.24, 2.45) is 11.7 Å². The van der Waals surface area contributed by atoms with Gasteiger partial charge in [-0.3, -0.25) is 4.79 Å². The molecule has 0 saturated carbocycles. The Balaban J connectivity index is 1.82. The maximum Gasteiger partial charge on any atom is 0.250 e. The predicted molar refractivity (Wildman–Crippen MR) is 82.5 cm³/mol. The summed E-state index contributed by atoms with van der Waals surface area (Å²) in [4.78, 5) is 17.4. The molecule has 0 radical (unpaired) electrons. The molecule has 1 saturated heterocycles. The number of amides is 1. The lowest BCUT2D eigenvalue weighted by atomic mass is 9.97. The fourth-order valence-corrected chi connectivity index (χ4v) is 2.73. The first kappa shape index (κ1) is 16.0. The van der Waals surface area contributed by atoms with Crippen LogP contribution in [0.3, 0.4) is 0 Å². The van der Waals surface area contributed by atoms with E-state index in [1.54, 1.807) is 0 Å². The number of aliphatic hydroxyl groups excluding tert-OH is 1. The van der Waals surface area contributed by atoms with Gasteiger partial charge in [-0.2, -0.15) is 0 Å². The van der Waals surface area contributed by atoms with Gasteiger partial charge < -0.3 is 21.1 Å². The van der Waals surface area contributed by atoms with Gasteiger partial charge in [0.05, 0.1) is 17.2 Å². The molecule has 1 aromatic rings. The Bertz CT molecular complexity index is 490. The minimum absolute atomic E-state index is 0.217. The van der Waals surface area contributed by atoms with Crippen LogP contribution in [-0.4, -0.2) is 53.7 Å². The summed E-state index contributed by atoms with van der Waals surface area (Å²) in [6, 6.07) is 1.53. The Morgan fingerprint density at radius 1 is 1.52 bits per heavy atom. The summed E-state index contributed by atoms with van der Waals surface area (Å²) in [5.41, 5.74) is 5.49. The first-order chi connectivity index (χ1) is 10.1. The van der Waals surface area contributed by atoms with Crippen molar-refractivity contribution in [2.45, 2.75) is 12.8 Å². The molecule has 1 amide bonds. The van der Waals surface area contributed by atoms with Gasteiger partial charge in [0.2, 0.25) is 5.91 Å². The molecule has 0 bridgehead atoms. The summed E-state index contributed by atoms with van der Waals surface area (Å²) in [7, 11) is 0. The molecule has 0 atom stereocenters. The number of rotatable bonds is 6. The number of aromatic nitrogens is 1. The molecule has 1 fully saturated rings. The average Bonchev–Trinajstić information content (AvgIpc) is 2.47. The number of nitrogens with one attached hydrogen (secondary N) is 1. The number of hydrogen-bond donors (Lipinski definition) is 3. The maximum atomic E-state index is 11.0. The van der Waals surface area contributed by atoms with E-state index in [0.29, 0.717) is 22.3 Å². The molecule has 0 aromatic carbocycles. The Kier molecular flexibility index (Phi) is 5.78. The number of nitrogens with zero attached hydrogens (tertiary/aromatic N) is 2. The van der Waals surface area contributed by atoms with Gasteiger partial charge in [0, 0.05) is 19.3 Å². The highest BCUT2D eigenvalue weighted by molar-refractivity contribution is 6.33. The lowest BCUT2D eigenvalue weighted by molar-refractivity contribution is 0.1000. The minimum atomic E-state index is -0.535. The van der Waals surface area contributed by atoms with Crippen molar-refractivity contribution in [1.29, 1.82) is 0 Å². The van der Waals surface area contributed by atoms with Gasteiger partial charge >= 0.3 is 0 Å². The van der Waals surface area contributed by atoms with E-state index in [9.17, 15) is 4.79 Å². The van der Waals surface area contributed by atoms with Crippen LogP contribution in [0.2, 0.25) is 5.02 Å². The van der Waals surface area contributed by atoms with Gasteiger partial charge in [0.1, 0.15) is 5.82 Å². The molecular weight excluding hydrogens is 292 g/mol. The lowest BCUT2D eigenvalue weighted by Crippen LogP contribution is -2.37. The number of nitrogens with two attached hydrogens (primary N) is 1. The van der Waals surface area contributed by atoms with E-state index in [-0.39, 0.29) is 6.61 Å². The normalized spacial score (nSPS) is 16.9. The number of aliphatic hydroxyl groups is 1. The number of anilines is 1. The second-order valence-corrected chi connectivity index (χ2v) is 5.72. The van der Waals surface area contributed by atoms with Crippen LogP contribution < -0.4 is 11.1 Å². The lowest BCUT2D eigenvalue weighted by Gasteiger charge is -2.31. The largest absolute Gasteiger partial charge is 0.395 e. The van der Waals surface area contributed by atoms with Crippen molar-refractivity contribution in [3.63, 3.8) is 0 Å². The number of pyridine rings is 1. The minimum Gasteiger partial charge on any atom is -0.395 e. The van der Waals surface area contributed by atoms with E-state index in [2.05, 4.69) is 15.2 Å². The van der Waals surface area contributed by atoms with Crippen LogP contribution in [-0.2, 0) is 0 Å². The number of likely N-dealkylation sites (tertiary alicyclic amines) is 1. The van der Waals surface area contributed by atoms with Crippen molar-refractivity contribution in [1.82, 2.24) is 9.88 Å². The number of carbonyl (C=O) groups is 1. The van der Waals surface area contributed by atoms with Crippen molar-refractivity contribution in [3.8, 4) is 0 Å². The number of piperidine rings is 1. The Labute approximate surface area is 129 Å². The molecule has 7 heteroatoms. The second-order valence-electron chi connectivity index (χ2n) is 5.31. The third-order valence-electron chi connectivity index (χ3n) is 3.81. The van der Waals surface area contributed by atoms with Crippen molar-refractivity contribution in [3.05, 3.63) is 22.8 Å². The molecule has 0 unspecified atom stereocenters. The molecule has 1 aliphatic rings. The molecule has 0 spiro atoms. The predicted octanol–water partition coefficient (Wildman–Crippen LogP) is 0.950. The summed E-state index contributed by atoms with van der Waals surface area (Å²) >= 11 is 6.09. The Morgan fingerprint density at radius 3 is 2.81 bits per heavy atom. The summed E-state index contributed by atoms with van der Waals surface area (Å²) < 4.78 is 0. The average molecular weight is 313 g/mol. The summed E-state index contributed by atoms with van der Waals surface area (Å²) in [6.45, 7) is 3.79. The van der Waals surface area contributed by atoms with Gasteiger partial charge in [0.25, 0.3) is 0 Å². The third-order valence-corrected chi connectivity index (χ3v) is 4.10. The molecule has 21 heavy (non-hydrogen) atoms. The fraction of sp³-hybridized carbons (Fsp3) is 0.571. The van der Waals surface area contributed by atoms with Crippen molar-refractivity contribution < 1.29 is 9.90 Å². The monoisotopic (exact) mass is 312 g/mol. The van der Waals surface area contributed by atoms with E-state index in [1.807, 2.05) is 0 Å². The van der Waals surface area contributed by atoms with E-state index in [1.165, 1.54) is 12.3 Å². The molecule has 2 heterocycles. The number of halogens is 1. The first-order valence-electron chi connectivity index (χ1n) is 7.12. The van der Waals surface area contributed by atoms with Gasteiger partial charge in [-0.05, 0) is 37.9 Å². The second kappa shape index (κ2) is 7.59. The van der Waals surface area contributed by atoms with E-state index in [0.717, 1.165) is 39.0 Å². The molecule has 1 aliphatic heterocycles. The zero-order chi connectivity index (χ0) is 15.2. The van der Waals surface area contributed by atoms with E-state index in [4.69, 9.17) is 22.4 Å². The van der Waals surface area contributed by atoms with Crippen LogP contribution in [0.5, 0.6) is 0 Å². The van der Waals surface area contributed by atoms with Gasteiger partial charge in [-0.1, -0.05) is 11.6 Å². The topological polar surface area (TPSA) is 91.5 Å². The summed E-state index contributed by atoms with van der Waals surface area (Å²) in [5.74, 6) is 0.611. The third kappa shape index (κ3) is 4.56. The molecule has 116 valence electrons. The molecule has 4 N–H and O–H groups in total. The zero-order valence-electron chi connectivity index (χ0n) is 11.9. The highest BCUT2D eigenvalue weighted by Gasteiger charge is 2.19. The molecule has 1 aromatic heterocycles. The highest BCUT2D eigenvalue weighted by Crippen LogP contribution is 2.22. The van der Waals surface area contributed by atoms with E-state index >= 15 is 0 Å². The smallest absolute Gasteiger partial charge is 0.250 e. The quantitative estimate of drug-likeness (QED) is 0.727. The van der Waals surface area contributed by atoms with Gasteiger partial charge in [-0.15, -0.1) is 0 Å². The molecular formula is C14H21ClN4O2. The van der Waals surface area contributed by atoms with Crippen LogP contribution in [0.4, 0.5) is 5.82 Å². The van der Waals surface area contributed by atoms with Crippen LogP contribution in [0.1, 0.15) is 23.2 Å². The summed E-state index contributed by atoms with van der Waals surface area (Å²) in [5, 5.41) is 12.6. The standard InChI is InChI=1S/C14H21ClN4O2/c15-12-7-11(13(16)21)9-18-14(12)17-8-10-1-3-19(4-2-10)5-6-20/h7,9-10,20H,1-6,8H2,(H2,16,21)(H,17,18). The number of primary amides is 1. The van der Waals surface area contributed by atoms with Crippen molar-refractivity contribution in [2.75, 3.05) is 38.1 Å². The van der Waals surface area contributed by atoms with Gasteiger partial charge in [0.15, 0.2) is 0 Å². The van der Waals surface area contributed by atoms with Crippen LogP contribution >= 0.6 is 11.6 Å². The molecule has 2 rings (SSSR count). The SMILES string of the molecule is NC(=O)c1cnc(NCC2CCN(CCO)CC2)c(Cl)c1.